The zero-order valence-electron chi connectivity index (χ0n) is 10.1. The van der Waals surface area contributed by atoms with E-state index >= 15 is 0 Å². The van der Waals surface area contributed by atoms with Crippen LogP contribution in [0.4, 0.5) is 5.69 Å². The second kappa shape index (κ2) is 5.61. The van der Waals surface area contributed by atoms with Crippen molar-refractivity contribution in [3.63, 3.8) is 0 Å². The maximum atomic E-state index is 11.3. The van der Waals surface area contributed by atoms with Crippen LogP contribution in [-0.4, -0.2) is 42.5 Å². The normalized spacial score (nSPS) is 14.9. The third-order valence-electron chi connectivity index (χ3n) is 2.55. The van der Waals surface area contributed by atoms with Crippen molar-refractivity contribution in [2.45, 2.75) is 17.1 Å². The molecule has 0 aromatic heterocycles. The van der Waals surface area contributed by atoms with E-state index in [0.717, 1.165) is 24.5 Å². The first kappa shape index (κ1) is 15.5. The van der Waals surface area contributed by atoms with Crippen LogP contribution in [-0.2, 0) is 9.84 Å². The van der Waals surface area contributed by atoms with Gasteiger partial charge in [0.15, 0.2) is 9.84 Å². The van der Waals surface area contributed by atoms with Crippen LogP contribution in [0, 0.1) is 10.1 Å². The summed E-state index contributed by atoms with van der Waals surface area (Å²) in [6.07, 6.45) is -2.02. The maximum absolute atomic E-state index is 11.3. The summed E-state index contributed by atoms with van der Waals surface area (Å²) < 4.78 is 22.6. The van der Waals surface area contributed by atoms with Gasteiger partial charge in [0.05, 0.1) is 21.5 Å². The lowest BCUT2D eigenvalue weighted by Gasteiger charge is -2.16. The molecule has 19 heavy (non-hydrogen) atoms. The van der Waals surface area contributed by atoms with E-state index in [1.807, 2.05) is 0 Å². The van der Waals surface area contributed by atoms with Gasteiger partial charge in [-0.2, -0.15) is 0 Å². The zero-order valence-corrected chi connectivity index (χ0v) is 10.9. The van der Waals surface area contributed by atoms with Gasteiger partial charge in [-0.05, 0) is 12.1 Å². The van der Waals surface area contributed by atoms with Gasteiger partial charge in [-0.15, -0.1) is 0 Å². The van der Waals surface area contributed by atoms with Gasteiger partial charge >= 0.3 is 0 Å². The quantitative estimate of drug-likeness (QED) is 0.482. The Hall–Kier alpha value is -1.55. The van der Waals surface area contributed by atoms with Gasteiger partial charge in [0.1, 0.15) is 6.10 Å². The van der Waals surface area contributed by atoms with Crippen LogP contribution in [0.3, 0.4) is 0 Å². The van der Waals surface area contributed by atoms with Gasteiger partial charge in [-0.3, -0.25) is 10.1 Å². The molecule has 0 amide bonds. The van der Waals surface area contributed by atoms with E-state index in [9.17, 15) is 28.7 Å². The van der Waals surface area contributed by atoms with E-state index in [1.165, 1.54) is 0 Å². The van der Waals surface area contributed by atoms with Crippen molar-refractivity contribution in [3.05, 3.63) is 33.9 Å². The van der Waals surface area contributed by atoms with E-state index in [4.69, 9.17) is 5.73 Å². The van der Waals surface area contributed by atoms with Crippen LogP contribution >= 0.6 is 0 Å². The molecule has 0 spiro atoms. The molecule has 1 aromatic carbocycles. The summed E-state index contributed by atoms with van der Waals surface area (Å²) in [5, 5.41) is 30.0. The Morgan fingerprint density at radius 2 is 2.00 bits per heavy atom. The fraction of sp³-hybridized carbons (Fsp3) is 0.400. The van der Waals surface area contributed by atoms with Gasteiger partial charge in [0.25, 0.3) is 5.69 Å². The summed E-state index contributed by atoms with van der Waals surface area (Å²) in [5.74, 6) is 0. The van der Waals surface area contributed by atoms with Crippen molar-refractivity contribution in [1.82, 2.24) is 0 Å². The Balaban J connectivity index is 3.39. The lowest BCUT2D eigenvalue weighted by Crippen LogP contribution is -2.27. The summed E-state index contributed by atoms with van der Waals surface area (Å²) >= 11 is 0. The molecule has 0 bridgehead atoms. The van der Waals surface area contributed by atoms with Gasteiger partial charge in [0.2, 0.25) is 0 Å². The molecule has 0 radical (unpaired) electrons. The van der Waals surface area contributed by atoms with Crippen LogP contribution in [0.1, 0.15) is 11.7 Å². The number of aliphatic hydroxyl groups excluding tert-OH is 2. The summed E-state index contributed by atoms with van der Waals surface area (Å²) in [6, 6.07) is 3.07. The predicted octanol–water partition coefficient (Wildman–Crippen LogP) is -0.649. The van der Waals surface area contributed by atoms with E-state index in [1.54, 1.807) is 0 Å². The Labute approximate surface area is 109 Å². The second-order valence-corrected chi connectivity index (χ2v) is 6.01. The van der Waals surface area contributed by atoms with Gasteiger partial charge < -0.3 is 15.9 Å². The minimum Gasteiger partial charge on any atom is -0.389 e. The molecule has 0 heterocycles. The minimum atomic E-state index is -3.60. The minimum absolute atomic E-state index is 0.185. The smallest absolute Gasteiger partial charge is 0.276 e. The number of hydrogen-bond acceptors (Lipinski definition) is 7. The summed E-state index contributed by atoms with van der Waals surface area (Å²) in [6.45, 7) is -0.286. The maximum Gasteiger partial charge on any atom is 0.276 e. The first-order chi connectivity index (χ1) is 8.68. The Morgan fingerprint density at radius 3 is 2.42 bits per heavy atom. The Morgan fingerprint density at radius 1 is 1.42 bits per heavy atom. The molecule has 0 fully saturated rings. The third-order valence-corrected chi connectivity index (χ3v) is 3.66. The first-order valence-corrected chi connectivity index (χ1v) is 7.12. The number of rotatable bonds is 5. The fourth-order valence-electron chi connectivity index (χ4n) is 1.50. The van der Waals surface area contributed by atoms with E-state index < -0.39 is 32.7 Å². The highest BCUT2D eigenvalue weighted by Crippen LogP contribution is 2.29. The number of aliphatic hydroxyl groups is 2. The molecule has 4 N–H and O–H groups in total. The lowest BCUT2D eigenvalue weighted by atomic mass is 10.0. The van der Waals surface area contributed by atoms with Crippen molar-refractivity contribution in [3.8, 4) is 0 Å². The van der Waals surface area contributed by atoms with Crippen molar-refractivity contribution in [1.29, 1.82) is 0 Å². The molecule has 0 aliphatic carbocycles. The van der Waals surface area contributed by atoms with E-state index in [-0.39, 0.29) is 17.0 Å². The van der Waals surface area contributed by atoms with Crippen molar-refractivity contribution < 1.29 is 23.6 Å². The molecular formula is C10H14N2O6S. The molecule has 106 valence electrons. The van der Waals surface area contributed by atoms with Gasteiger partial charge in [-0.25, -0.2) is 8.42 Å². The number of nitrogens with zero attached hydrogens (tertiary/aromatic N) is 1. The molecule has 1 aromatic rings. The Kier molecular flexibility index (Phi) is 4.58. The SMILES string of the molecule is CS(=O)(=O)c1ccc(C(O)C(O)CN)c([N+](=O)[O-])c1. The molecule has 2 atom stereocenters. The number of sulfone groups is 1. The third kappa shape index (κ3) is 3.47. The number of benzene rings is 1. The highest BCUT2D eigenvalue weighted by molar-refractivity contribution is 7.90. The van der Waals surface area contributed by atoms with Crippen LogP contribution in [0.25, 0.3) is 0 Å². The fourth-order valence-corrected chi connectivity index (χ4v) is 2.14. The van der Waals surface area contributed by atoms with Crippen molar-refractivity contribution >= 4 is 15.5 Å². The van der Waals surface area contributed by atoms with Gasteiger partial charge in [0, 0.05) is 18.9 Å². The topological polar surface area (TPSA) is 144 Å². The molecule has 0 saturated heterocycles. The van der Waals surface area contributed by atoms with Crippen LogP contribution in [0.2, 0.25) is 0 Å². The molecule has 9 heteroatoms. The number of nitro benzene ring substituents is 1. The van der Waals surface area contributed by atoms with Crippen LogP contribution in [0.15, 0.2) is 23.1 Å². The monoisotopic (exact) mass is 290 g/mol. The standard InChI is InChI=1S/C10H14N2O6S/c1-19(17,18)6-2-3-7(8(4-6)12(15)16)10(14)9(13)5-11/h2-4,9-10,13-14H,5,11H2,1H3. The summed E-state index contributed by atoms with van der Waals surface area (Å²) in [4.78, 5) is 9.84. The number of nitro groups is 1. The van der Waals surface area contributed by atoms with E-state index in [0.29, 0.717) is 0 Å². The second-order valence-electron chi connectivity index (χ2n) is 4.00. The highest BCUT2D eigenvalue weighted by atomic mass is 32.2. The average molecular weight is 290 g/mol. The zero-order chi connectivity index (χ0) is 14.8. The number of nitrogens with two attached hydrogens (primary N) is 1. The Bertz CT molecular complexity index is 586. The average Bonchev–Trinajstić information content (AvgIpc) is 2.35. The summed E-state index contributed by atoms with van der Waals surface area (Å²) in [7, 11) is -3.60. The molecule has 1 rings (SSSR count). The molecule has 8 nitrogen and oxygen atoms in total. The van der Waals surface area contributed by atoms with E-state index in [2.05, 4.69) is 0 Å². The lowest BCUT2D eigenvalue weighted by molar-refractivity contribution is -0.386. The van der Waals surface area contributed by atoms with Crippen LogP contribution < -0.4 is 5.73 Å². The van der Waals surface area contributed by atoms with Gasteiger partial charge in [-0.1, -0.05) is 0 Å². The molecule has 0 saturated carbocycles. The summed E-state index contributed by atoms with van der Waals surface area (Å²) in [5.41, 5.74) is 4.39. The molecular weight excluding hydrogens is 276 g/mol. The first-order valence-electron chi connectivity index (χ1n) is 5.23. The molecule has 0 aliphatic heterocycles. The molecule has 0 aliphatic rings. The van der Waals surface area contributed by atoms with Crippen molar-refractivity contribution in [2.75, 3.05) is 12.8 Å². The molecule has 2 unspecified atom stereocenters. The van der Waals surface area contributed by atoms with Crippen LogP contribution in [0.5, 0.6) is 0 Å². The van der Waals surface area contributed by atoms with Crippen molar-refractivity contribution in [2.24, 2.45) is 5.73 Å². The number of hydrogen-bond donors (Lipinski definition) is 3. The largest absolute Gasteiger partial charge is 0.389 e. The predicted molar refractivity (Wildman–Crippen MR) is 66.2 cm³/mol. The highest BCUT2D eigenvalue weighted by Gasteiger charge is 2.27.